The summed E-state index contributed by atoms with van der Waals surface area (Å²) in [5.41, 5.74) is -12.3. The molecule has 0 aliphatic rings. The van der Waals surface area contributed by atoms with Gasteiger partial charge in [0.05, 0.1) is 0 Å². The Morgan fingerprint density at radius 2 is 1.14 bits per heavy atom. The maximum Gasteiger partial charge on any atom is 0.513 e. The molecule has 0 aromatic heterocycles. The average molecular weight is 399 g/mol. The summed E-state index contributed by atoms with van der Waals surface area (Å²) in [6.45, 7) is 2.52. The number of rotatable bonds is 6. The van der Waals surface area contributed by atoms with Crippen molar-refractivity contribution >= 4 is 30.3 Å². The number of alkyl halides is 6. The Labute approximate surface area is 126 Å². The third kappa shape index (κ3) is 3.82. The predicted octanol–water partition coefficient (Wildman–Crippen LogP) is 2.77. The molecule has 0 fully saturated rings. The molecule has 1 unspecified atom stereocenters. The zero-order valence-corrected chi connectivity index (χ0v) is 14.1. The topological polar surface area (TPSA) is 71.5 Å². The largest absolute Gasteiger partial charge is 0.513 e. The van der Waals surface area contributed by atoms with Gasteiger partial charge in [-0.05, 0) is 27.3 Å². The highest BCUT2D eigenvalue weighted by atomic mass is 32.4. The third-order valence-corrected chi connectivity index (χ3v) is 12.3. The second-order valence-electron chi connectivity index (χ2n) is 4.28. The summed E-state index contributed by atoms with van der Waals surface area (Å²) in [6, 6.07) is 0. The quantitative estimate of drug-likeness (QED) is 0.644. The summed E-state index contributed by atoms with van der Waals surface area (Å²) < 4.78 is 120. The molecule has 0 saturated heterocycles. The van der Waals surface area contributed by atoms with E-state index < -0.39 is 55.9 Å². The minimum absolute atomic E-state index is 0.0108. The highest BCUT2D eigenvalue weighted by Crippen LogP contribution is 2.56. The Balaban J connectivity index is 6.66. The summed E-state index contributed by atoms with van der Waals surface area (Å²) in [4.78, 5) is 0. The van der Waals surface area contributed by atoms with Crippen molar-refractivity contribution in [2.24, 2.45) is 0 Å². The van der Waals surface area contributed by atoms with Gasteiger partial charge in [-0.25, -0.2) is 16.8 Å². The smallest absolute Gasteiger partial charge is 0.201 e. The molecule has 0 spiro atoms. The van der Waals surface area contributed by atoms with E-state index in [4.69, 9.17) is 0 Å². The molecule has 136 valence electrons. The molecule has 0 bridgehead atoms. The lowest BCUT2D eigenvalue weighted by Gasteiger charge is -2.43. The van der Waals surface area contributed by atoms with E-state index in [0.29, 0.717) is 0 Å². The standard InChI is InChI=1S/C8H15F6NO4S3/c1-4-6-20(3,5-2)15(21(16,17)7(9,10)11)22(18,19)8(12,13)14/h4-6H2,1-3H3. The van der Waals surface area contributed by atoms with Crippen LogP contribution in [0.3, 0.4) is 0 Å². The van der Waals surface area contributed by atoms with E-state index in [1.54, 1.807) is 0 Å². The summed E-state index contributed by atoms with van der Waals surface area (Å²) >= 11 is 0. The van der Waals surface area contributed by atoms with Crippen LogP contribution in [0.1, 0.15) is 20.3 Å². The normalized spacial score (nSPS) is 19.0. The fourth-order valence-corrected chi connectivity index (χ4v) is 10.3. The van der Waals surface area contributed by atoms with Crippen molar-refractivity contribution in [1.29, 1.82) is 0 Å². The van der Waals surface area contributed by atoms with Crippen molar-refractivity contribution in [2.75, 3.05) is 17.8 Å². The van der Waals surface area contributed by atoms with Crippen molar-refractivity contribution in [3.05, 3.63) is 0 Å². The Bertz CT molecular complexity index is 552. The fourth-order valence-electron chi connectivity index (χ4n) is 1.54. The highest BCUT2D eigenvalue weighted by molar-refractivity contribution is 8.40. The monoisotopic (exact) mass is 399 g/mol. The van der Waals surface area contributed by atoms with Crippen LogP contribution in [0.15, 0.2) is 0 Å². The molecule has 0 aromatic carbocycles. The van der Waals surface area contributed by atoms with E-state index in [9.17, 15) is 43.2 Å². The van der Waals surface area contributed by atoms with Crippen molar-refractivity contribution in [3.8, 4) is 0 Å². The average Bonchev–Trinajstić information content (AvgIpc) is 2.25. The molecule has 0 heterocycles. The molecule has 14 heteroatoms. The number of halogens is 6. The van der Waals surface area contributed by atoms with Gasteiger partial charge >= 0.3 is 31.1 Å². The molecule has 0 aliphatic heterocycles. The zero-order chi connectivity index (χ0) is 18.2. The van der Waals surface area contributed by atoms with E-state index in [2.05, 4.69) is 0 Å². The van der Waals surface area contributed by atoms with Crippen molar-refractivity contribution in [1.82, 2.24) is 3.12 Å². The predicted molar refractivity (Wildman–Crippen MR) is 71.0 cm³/mol. The van der Waals surface area contributed by atoms with Crippen LogP contribution < -0.4 is 0 Å². The van der Waals surface area contributed by atoms with E-state index in [1.807, 2.05) is 0 Å². The molecule has 0 amide bonds. The first-order chi connectivity index (χ1) is 9.49. The lowest BCUT2D eigenvalue weighted by molar-refractivity contribution is -0.0505. The van der Waals surface area contributed by atoms with Crippen LogP contribution in [0.25, 0.3) is 0 Å². The first kappa shape index (κ1) is 21.8. The first-order valence-corrected chi connectivity index (χ1v) is 10.9. The maximum atomic E-state index is 12.7. The molecule has 0 aromatic rings. The SMILES string of the molecule is CCCS(C)(CC)N(S(=O)(=O)C(F)(F)F)S(=O)(=O)C(F)(F)F. The molecule has 0 N–H and O–H groups in total. The Morgan fingerprint density at radius 3 is 1.32 bits per heavy atom. The summed E-state index contributed by atoms with van der Waals surface area (Å²) in [6.07, 6.45) is 0.819. The number of sulfonamides is 2. The van der Waals surface area contributed by atoms with Gasteiger partial charge in [-0.2, -0.15) is 36.6 Å². The van der Waals surface area contributed by atoms with Crippen LogP contribution in [0.5, 0.6) is 0 Å². The van der Waals surface area contributed by atoms with Gasteiger partial charge in [0.2, 0.25) is 0 Å². The first-order valence-electron chi connectivity index (χ1n) is 5.66. The number of hydrogen-bond acceptors (Lipinski definition) is 4. The van der Waals surface area contributed by atoms with Gasteiger partial charge in [-0.3, -0.25) is 0 Å². The summed E-state index contributed by atoms with van der Waals surface area (Å²) in [5, 5.41) is 0. The Hall–Kier alpha value is -0.210. The van der Waals surface area contributed by atoms with Crippen molar-refractivity contribution < 1.29 is 43.2 Å². The summed E-state index contributed by atoms with van der Waals surface area (Å²) in [7, 11) is -16.8. The minimum Gasteiger partial charge on any atom is -0.201 e. The van der Waals surface area contributed by atoms with Gasteiger partial charge in [-0.15, -0.1) is 0 Å². The van der Waals surface area contributed by atoms with Crippen molar-refractivity contribution in [3.63, 3.8) is 0 Å². The van der Waals surface area contributed by atoms with Gasteiger partial charge in [-0.1, -0.05) is 13.8 Å². The third-order valence-electron chi connectivity index (χ3n) is 2.60. The highest BCUT2D eigenvalue weighted by Gasteiger charge is 2.65. The molecule has 0 aliphatic carbocycles. The van der Waals surface area contributed by atoms with E-state index in [0.717, 1.165) is 13.2 Å². The number of nitrogens with zero attached hydrogens (tertiary/aromatic N) is 1. The molecule has 1 atom stereocenters. The Morgan fingerprint density at radius 1 is 0.818 bits per heavy atom. The van der Waals surface area contributed by atoms with Crippen LogP contribution in [0, 0.1) is 0 Å². The molecular weight excluding hydrogens is 384 g/mol. The molecule has 5 nitrogen and oxygen atoms in total. The van der Waals surface area contributed by atoms with Gasteiger partial charge in [0.15, 0.2) is 0 Å². The fraction of sp³-hybridized carbons (Fsp3) is 1.00. The van der Waals surface area contributed by atoms with Gasteiger partial charge < -0.3 is 0 Å². The van der Waals surface area contributed by atoms with Crippen LogP contribution in [0.2, 0.25) is 0 Å². The van der Waals surface area contributed by atoms with Crippen LogP contribution in [0.4, 0.5) is 26.3 Å². The van der Waals surface area contributed by atoms with E-state index in [-0.39, 0.29) is 6.42 Å². The zero-order valence-electron chi connectivity index (χ0n) is 11.7. The second kappa shape index (κ2) is 6.36. The number of hydrogen-bond donors (Lipinski definition) is 0. The lowest BCUT2D eigenvalue weighted by atomic mass is 10.6. The van der Waals surface area contributed by atoms with E-state index >= 15 is 0 Å². The maximum absolute atomic E-state index is 12.7. The lowest BCUT2D eigenvalue weighted by Crippen LogP contribution is -2.50. The van der Waals surface area contributed by atoms with Gasteiger partial charge in [0.25, 0.3) is 0 Å². The van der Waals surface area contributed by atoms with Gasteiger partial charge in [0.1, 0.15) is 0 Å². The Kier molecular flexibility index (Phi) is 6.30. The molecule has 22 heavy (non-hydrogen) atoms. The van der Waals surface area contributed by atoms with Crippen LogP contribution >= 0.6 is 10.2 Å². The minimum atomic E-state index is -6.71. The van der Waals surface area contributed by atoms with Crippen LogP contribution in [-0.4, -0.2) is 48.7 Å². The molecular formula is C8H15F6NO4S3. The second-order valence-corrected chi connectivity index (χ2v) is 12.3. The van der Waals surface area contributed by atoms with Crippen molar-refractivity contribution in [2.45, 2.75) is 31.3 Å². The molecule has 0 saturated carbocycles. The van der Waals surface area contributed by atoms with Gasteiger partial charge in [0, 0.05) is 0 Å². The van der Waals surface area contributed by atoms with Crippen LogP contribution in [-0.2, 0) is 20.0 Å². The van der Waals surface area contributed by atoms with E-state index in [1.165, 1.54) is 6.92 Å². The molecule has 0 rings (SSSR count). The summed E-state index contributed by atoms with van der Waals surface area (Å²) in [5.74, 6) is -0.903. The molecule has 0 radical (unpaired) electrons.